The van der Waals surface area contributed by atoms with Crippen LogP contribution in [-0.4, -0.2) is 24.4 Å². The van der Waals surface area contributed by atoms with Gasteiger partial charge in [-0.05, 0) is 18.6 Å². The second-order valence-corrected chi connectivity index (χ2v) is 4.14. The van der Waals surface area contributed by atoms with Crippen molar-refractivity contribution in [2.75, 3.05) is 18.7 Å². The number of ether oxygens (including phenoxy) is 2. The van der Waals surface area contributed by atoms with Crippen LogP contribution < -0.4 is 14.8 Å². The van der Waals surface area contributed by atoms with Gasteiger partial charge in [-0.15, -0.1) is 0 Å². The Morgan fingerprint density at radius 1 is 1.47 bits per heavy atom. The van der Waals surface area contributed by atoms with Crippen LogP contribution in [-0.2, 0) is 4.79 Å². The zero-order chi connectivity index (χ0) is 12.4. The van der Waals surface area contributed by atoms with Crippen LogP contribution in [0.15, 0.2) is 12.1 Å². The van der Waals surface area contributed by atoms with E-state index in [4.69, 9.17) is 14.6 Å². The van der Waals surface area contributed by atoms with Crippen molar-refractivity contribution in [3.63, 3.8) is 0 Å². The molecule has 92 valence electrons. The summed E-state index contributed by atoms with van der Waals surface area (Å²) in [5.74, 6) is 0.191. The number of anilines is 1. The summed E-state index contributed by atoms with van der Waals surface area (Å²) in [6.07, 6.45) is 0. The predicted octanol–water partition coefficient (Wildman–Crippen LogP) is 1.86. The minimum Gasteiger partial charge on any atom is -0.481 e. The molecule has 1 aliphatic rings. The molecule has 0 bridgehead atoms. The van der Waals surface area contributed by atoms with Gasteiger partial charge in [0.05, 0.1) is 5.92 Å². The van der Waals surface area contributed by atoms with Gasteiger partial charge in [0.25, 0.3) is 0 Å². The van der Waals surface area contributed by atoms with Gasteiger partial charge >= 0.3 is 5.97 Å². The van der Waals surface area contributed by atoms with Gasteiger partial charge in [0.15, 0.2) is 11.5 Å². The lowest BCUT2D eigenvalue weighted by molar-refractivity contribution is -0.140. The molecule has 0 saturated heterocycles. The van der Waals surface area contributed by atoms with E-state index in [9.17, 15) is 4.79 Å². The van der Waals surface area contributed by atoms with Crippen molar-refractivity contribution in [1.82, 2.24) is 0 Å². The van der Waals surface area contributed by atoms with Gasteiger partial charge in [-0.2, -0.15) is 0 Å². The molecule has 0 radical (unpaired) electrons. The lowest BCUT2D eigenvalue weighted by Crippen LogP contribution is -2.19. The zero-order valence-electron chi connectivity index (χ0n) is 9.82. The number of carboxylic acids is 1. The van der Waals surface area contributed by atoms with E-state index >= 15 is 0 Å². The smallest absolute Gasteiger partial charge is 0.308 e. The number of nitrogens with one attached hydrogen (secondary N) is 1. The number of carboxylic acid groups (broad SMARTS) is 1. The lowest BCUT2D eigenvalue weighted by Gasteiger charge is -2.12. The summed E-state index contributed by atoms with van der Waals surface area (Å²) in [4.78, 5) is 10.7. The molecule has 2 N–H and O–H groups in total. The number of aryl methyl sites for hydroxylation is 1. The van der Waals surface area contributed by atoms with Crippen molar-refractivity contribution in [1.29, 1.82) is 0 Å². The summed E-state index contributed by atoms with van der Waals surface area (Å²) < 4.78 is 10.5. The van der Waals surface area contributed by atoms with Gasteiger partial charge in [-0.25, -0.2) is 0 Å². The largest absolute Gasteiger partial charge is 0.481 e. The molecular weight excluding hydrogens is 222 g/mol. The molecule has 1 atom stereocenters. The second-order valence-electron chi connectivity index (χ2n) is 4.14. The van der Waals surface area contributed by atoms with Gasteiger partial charge in [-0.1, -0.05) is 6.92 Å². The minimum absolute atomic E-state index is 0.240. The van der Waals surface area contributed by atoms with Gasteiger partial charge in [0.1, 0.15) is 0 Å². The normalized spacial score (nSPS) is 14.5. The third kappa shape index (κ3) is 2.43. The molecule has 2 rings (SSSR count). The van der Waals surface area contributed by atoms with E-state index in [1.165, 1.54) is 0 Å². The highest BCUT2D eigenvalue weighted by Gasteiger charge is 2.16. The molecule has 0 saturated carbocycles. The van der Waals surface area contributed by atoms with E-state index in [0.717, 1.165) is 17.0 Å². The van der Waals surface area contributed by atoms with Crippen LogP contribution in [0.1, 0.15) is 12.5 Å². The van der Waals surface area contributed by atoms with Gasteiger partial charge in [0.2, 0.25) is 6.79 Å². The molecule has 0 spiro atoms. The van der Waals surface area contributed by atoms with E-state index in [2.05, 4.69) is 5.32 Å². The number of carbonyl (C=O) groups is 1. The third-order valence-electron chi connectivity index (χ3n) is 2.74. The first-order valence-corrected chi connectivity index (χ1v) is 5.45. The van der Waals surface area contributed by atoms with Crippen LogP contribution in [0.25, 0.3) is 0 Å². The molecule has 0 amide bonds. The summed E-state index contributed by atoms with van der Waals surface area (Å²) in [5.41, 5.74) is 1.88. The molecule has 17 heavy (non-hydrogen) atoms. The Kier molecular flexibility index (Phi) is 3.08. The Morgan fingerprint density at radius 2 is 2.12 bits per heavy atom. The molecular formula is C12H15NO4. The second kappa shape index (κ2) is 4.53. The molecule has 1 heterocycles. The monoisotopic (exact) mass is 237 g/mol. The zero-order valence-corrected chi connectivity index (χ0v) is 9.82. The van der Waals surface area contributed by atoms with Gasteiger partial charge in [0, 0.05) is 18.3 Å². The number of hydrogen-bond acceptors (Lipinski definition) is 4. The Balaban J connectivity index is 2.09. The van der Waals surface area contributed by atoms with Crippen molar-refractivity contribution in [3.8, 4) is 11.5 Å². The van der Waals surface area contributed by atoms with Crippen LogP contribution in [0, 0.1) is 12.8 Å². The first kappa shape index (κ1) is 11.6. The summed E-state index contributed by atoms with van der Waals surface area (Å²) >= 11 is 0. The van der Waals surface area contributed by atoms with Crippen LogP contribution in [0.5, 0.6) is 11.5 Å². The summed E-state index contributed by atoms with van der Waals surface area (Å²) in [7, 11) is 0. The standard InChI is InChI=1S/C12H15NO4/c1-7-3-10-11(17-6-16-10)4-9(7)13-5-8(2)12(14)15/h3-4,8,13H,5-6H2,1-2H3,(H,14,15). The molecule has 1 aromatic carbocycles. The molecule has 1 aromatic rings. The van der Waals surface area contributed by atoms with Crippen molar-refractivity contribution in [2.45, 2.75) is 13.8 Å². The highest BCUT2D eigenvalue weighted by Crippen LogP contribution is 2.36. The molecule has 1 aliphatic heterocycles. The number of hydrogen-bond donors (Lipinski definition) is 2. The molecule has 5 heteroatoms. The van der Waals surface area contributed by atoms with E-state index in [1.807, 2.05) is 19.1 Å². The van der Waals surface area contributed by atoms with E-state index in [0.29, 0.717) is 12.3 Å². The Labute approximate surface area is 99.3 Å². The summed E-state index contributed by atoms with van der Waals surface area (Å²) in [5, 5.41) is 11.9. The summed E-state index contributed by atoms with van der Waals surface area (Å²) in [6.45, 7) is 4.23. The van der Waals surface area contributed by atoms with Crippen LogP contribution >= 0.6 is 0 Å². The van der Waals surface area contributed by atoms with Crippen molar-refractivity contribution >= 4 is 11.7 Å². The van der Waals surface area contributed by atoms with Crippen molar-refractivity contribution < 1.29 is 19.4 Å². The van der Waals surface area contributed by atoms with Crippen LogP contribution in [0.4, 0.5) is 5.69 Å². The van der Waals surface area contributed by atoms with Gasteiger partial charge in [-0.3, -0.25) is 4.79 Å². The molecule has 1 unspecified atom stereocenters. The van der Waals surface area contributed by atoms with Crippen molar-refractivity contribution in [2.24, 2.45) is 5.92 Å². The first-order chi connectivity index (χ1) is 8.08. The Hall–Kier alpha value is -1.91. The van der Waals surface area contributed by atoms with E-state index < -0.39 is 11.9 Å². The first-order valence-electron chi connectivity index (χ1n) is 5.45. The fourth-order valence-corrected chi connectivity index (χ4v) is 1.58. The quantitative estimate of drug-likeness (QED) is 0.836. The molecule has 0 fully saturated rings. The highest BCUT2D eigenvalue weighted by atomic mass is 16.7. The molecule has 5 nitrogen and oxygen atoms in total. The SMILES string of the molecule is Cc1cc2c(cc1NCC(C)C(=O)O)OCO2. The maximum atomic E-state index is 10.7. The van der Waals surface area contributed by atoms with Crippen LogP contribution in [0.3, 0.4) is 0 Å². The van der Waals surface area contributed by atoms with E-state index in [-0.39, 0.29) is 6.79 Å². The minimum atomic E-state index is -0.809. The number of aliphatic carboxylic acids is 1. The maximum absolute atomic E-state index is 10.7. The summed E-state index contributed by atoms with van der Waals surface area (Å²) in [6, 6.07) is 3.72. The highest BCUT2D eigenvalue weighted by molar-refractivity contribution is 5.70. The maximum Gasteiger partial charge on any atom is 0.308 e. The topological polar surface area (TPSA) is 67.8 Å². The third-order valence-corrected chi connectivity index (χ3v) is 2.74. The molecule has 0 aliphatic carbocycles. The fourth-order valence-electron chi connectivity index (χ4n) is 1.58. The fraction of sp³-hybridized carbons (Fsp3) is 0.417. The van der Waals surface area contributed by atoms with Crippen LogP contribution in [0.2, 0.25) is 0 Å². The average molecular weight is 237 g/mol. The number of rotatable bonds is 4. The Morgan fingerprint density at radius 3 is 2.76 bits per heavy atom. The number of benzene rings is 1. The van der Waals surface area contributed by atoms with E-state index in [1.54, 1.807) is 6.92 Å². The average Bonchev–Trinajstić information content (AvgIpc) is 2.72. The molecule has 0 aromatic heterocycles. The number of fused-ring (bicyclic) bond motifs is 1. The lowest BCUT2D eigenvalue weighted by atomic mass is 10.1. The Bertz CT molecular complexity index is 444. The predicted molar refractivity (Wildman–Crippen MR) is 62.6 cm³/mol. The van der Waals surface area contributed by atoms with Crippen molar-refractivity contribution in [3.05, 3.63) is 17.7 Å². The van der Waals surface area contributed by atoms with Gasteiger partial charge < -0.3 is 19.9 Å².